The molecule has 0 amide bonds. The van der Waals surface area contributed by atoms with Gasteiger partial charge in [-0.25, -0.2) is 4.98 Å². The van der Waals surface area contributed by atoms with E-state index in [0.29, 0.717) is 0 Å². The largest absolute Gasteiger partial charge is 0.494 e. The highest BCUT2D eigenvalue weighted by Crippen LogP contribution is 2.36. The molecule has 2 heterocycles. The van der Waals surface area contributed by atoms with Gasteiger partial charge in [-0.1, -0.05) is 6.07 Å². The minimum absolute atomic E-state index is 0.315. The van der Waals surface area contributed by atoms with Gasteiger partial charge < -0.3 is 14.2 Å². The molecule has 1 aliphatic heterocycles. The molecule has 0 atom stereocenters. The van der Waals surface area contributed by atoms with Crippen LogP contribution in [0.25, 0.3) is 10.2 Å². The van der Waals surface area contributed by atoms with Crippen LogP contribution in [0.15, 0.2) is 18.2 Å². The standard InChI is InChI=1S/C16H23BN2O2S/c1-15(2)16(3,4)21-17(20-15)11-7-8-13-12(9-11)18-14(22-13)10-19(5)6/h7-9H,10H2,1-6H3. The third-order valence-electron chi connectivity index (χ3n) is 4.43. The Morgan fingerprint density at radius 1 is 1.14 bits per heavy atom. The Hall–Kier alpha value is -0.945. The van der Waals surface area contributed by atoms with Gasteiger partial charge >= 0.3 is 7.12 Å². The molecule has 0 N–H and O–H groups in total. The van der Waals surface area contributed by atoms with Crippen molar-refractivity contribution in [2.75, 3.05) is 14.1 Å². The zero-order valence-corrected chi connectivity index (χ0v) is 15.0. The van der Waals surface area contributed by atoms with Crippen LogP contribution in [0.2, 0.25) is 0 Å². The Labute approximate surface area is 136 Å². The van der Waals surface area contributed by atoms with E-state index in [-0.39, 0.29) is 18.3 Å². The van der Waals surface area contributed by atoms with E-state index in [9.17, 15) is 0 Å². The average Bonchev–Trinajstić information content (AvgIpc) is 2.85. The van der Waals surface area contributed by atoms with Gasteiger partial charge in [0.15, 0.2) is 0 Å². The second-order valence-corrected chi connectivity index (χ2v) is 8.28. The summed E-state index contributed by atoms with van der Waals surface area (Å²) in [6.45, 7) is 9.16. The summed E-state index contributed by atoms with van der Waals surface area (Å²) in [5, 5.41) is 1.13. The summed E-state index contributed by atoms with van der Waals surface area (Å²) in [6.07, 6.45) is 0. The predicted molar refractivity (Wildman–Crippen MR) is 92.7 cm³/mol. The van der Waals surface area contributed by atoms with Crippen molar-refractivity contribution < 1.29 is 9.31 Å². The number of thiazole rings is 1. The molecule has 0 radical (unpaired) electrons. The van der Waals surface area contributed by atoms with Crippen LogP contribution in [-0.4, -0.2) is 42.3 Å². The number of rotatable bonds is 3. The SMILES string of the molecule is CN(C)Cc1nc2cc(B3OC(C)(C)C(C)(C)O3)ccc2s1. The number of nitrogens with zero attached hydrogens (tertiary/aromatic N) is 2. The zero-order valence-electron chi connectivity index (χ0n) is 14.1. The summed E-state index contributed by atoms with van der Waals surface area (Å²) >= 11 is 1.74. The summed E-state index contributed by atoms with van der Waals surface area (Å²) in [7, 11) is 3.79. The van der Waals surface area contributed by atoms with E-state index < -0.39 is 0 Å². The van der Waals surface area contributed by atoms with Crippen molar-refractivity contribution in [2.24, 2.45) is 0 Å². The van der Waals surface area contributed by atoms with Crippen molar-refractivity contribution in [2.45, 2.75) is 45.4 Å². The Balaban J connectivity index is 1.90. The smallest absolute Gasteiger partial charge is 0.399 e. The molecule has 1 aromatic carbocycles. The second kappa shape index (κ2) is 5.30. The van der Waals surface area contributed by atoms with Gasteiger partial charge in [-0.3, -0.25) is 0 Å². The molecular weight excluding hydrogens is 295 g/mol. The minimum atomic E-state index is -0.326. The summed E-state index contributed by atoms with van der Waals surface area (Å²) in [6, 6.07) is 6.29. The summed E-state index contributed by atoms with van der Waals surface area (Å²) in [4.78, 5) is 6.86. The first kappa shape index (κ1) is 15.9. The van der Waals surface area contributed by atoms with Crippen LogP contribution < -0.4 is 5.46 Å². The topological polar surface area (TPSA) is 34.6 Å². The Morgan fingerprint density at radius 2 is 1.77 bits per heavy atom. The summed E-state index contributed by atoms with van der Waals surface area (Å²) in [5.74, 6) is 0. The van der Waals surface area contributed by atoms with E-state index in [1.807, 2.05) is 0 Å². The molecule has 1 aromatic heterocycles. The van der Waals surface area contributed by atoms with Crippen molar-refractivity contribution in [3.63, 3.8) is 0 Å². The molecular formula is C16H23BN2O2S. The first-order chi connectivity index (χ1) is 10.2. The number of aromatic nitrogens is 1. The molecule has 6 heteroatoms. The molecule has 22 heavy (non-hydrogen) atoms. The number of hydrogen-bond donors (Lipinski definition) is 0. The molecule has 0 saturated carbocycles. The molecule has 1 fully saturated rings. The molecule has 0 aliphatic carbocycles. The van der Waals surface area contributed by atoms with Crippen molar-refractivity contribution in [3.8, 4) is 0 Å². The van der Waals surface area contributed by atoms with E-state index in [1.165, 1.54) is 4.70 Å². The highest BCUT2D eigenvalue weighted by Gasteiger charge is 2.51. The Bertz CT molecular complexity index is 681. The van der Waals surface area contributed by atoms with E-state index in [2.05, 4.69) is 64.9 Å². The lowest BCUT2D eigenvalue weighted by atomic mass is 9.79. The molecule has 0 unspecified atom stereocenters. The van der Waals surface area contributed by atoms with Crippen molar-refractivity contribution in [3.05, 3.63) is 23.2 Å². The average molecular weight is 318 g/mol. The normalized spacial score (nSPS) is 20.2. The van der Waals surface area contributed by atoms with Crippen LogP contribution in [0, 0.1) is 0 Å². The number of hydrogen-bond acceptors (Lipinski definition) is 5. The van der Waals surface area contributed by atoms with E-state index >= 15 is 0 Å². The van der Waals surface area contributed by atoms with Crippen LogP contribution in [0.5, 0.6) is 0 Å². The molecule has 3 rings (SSSR count). The van der Waals surface area contributed by atoms with Crippen molar-refractivity contribution in [1.29, 1.82) is 0 Å². The fraction of sp³-hybridized carbons (Fsp3) is 0.562. The number of benzene rings is 1. The van der Waals surface area contributed by atoms with Crippen molar-refractivity contribution in [1.82, 2.24) is 9.88 Å². The van der Waals surface area contributed by atoms with Gasteiger partial charge in [0, 0.05) is 6.54 Å². The molecule has 1 aliphatic rings. The van der Waals surface area contributed by atoms with Gasteiger partial charge in [0.05, 0.1) is 21.4 Å². The monoisotopic (exact) mass is 318 g/mol. The van der Waals surface area contributed by atoms with E-state index in [1.54, 1.807) is 11.3 Å². The maximum absolute atomic E-state index is 6.12. The van der Waals surface area contributed by atoms with Gasteiger partial charge in [-0.15, -0.1) is 11.3 Å². The van der Waals surface area contributed by atoms with Gasteiger partial charge in [0.25, 0.3) is 0 Å². The first-order valence-electron chi connectivity index (χ1n) is 7.58. The highest BCUT2D eigenvalue weighted by molar-refractivity contribution is 7.18. The predicted octanol–water partition coefficient (Wildman–Crippen LogP) is 2.66. The lowest BCUT2D eigenvalue weighted by Gasteiger charge is -2.32. The Morgan fingerprint density at radius 3 is 2.36 bits per heavy atom. The van der Waals surface area contributed by atoms with Crippen LogP contribution in [0.1, 0.15) is 32.7 Å². The fourth-order valence-corrected chi connectivity index (χ4v) is 3.52. The number of fused-ring (bicyclic) bond motifs is 1. The summed E-state index contributed by atoms with van der Waals surface area (Å²) < 4.78 is 13.4. The third kappa shape index (κ3) is 2.81. The Kier molecular flexibility index (Phi) is 3.84. The van der Waals surface area contributed by atoms with Crippen LogP contribution in [-0.2, 0) is 15.9 Å². The van der Waals surface area contributed by atoms with Crippen LogP contribution in [0.3, 0.4) is 0 Å². The van der Waals surface area contributed by atoms with E-state index in [0.717, 1.165) is 22.5 Å². The van der Waals surface area contributed by atoms with Crippen LogP contribution >= 0.6 is 11.3 Å². The van der Waals surface area contributed by atoms with Gasteiger partial charge in [0.2, 0.25) is 0 Å². The maximum atomic E-state index is 6.12. The molecule has 0 spiro atoms. The van der Waals surface area contributed by atoms with Gasteiger partial charge in [-0.05, 0) is 59.4 Å². The highest BCUT2D eigenvalue weighted by atomic mass is 32.1. The van der Waals surface area contributed by atoms with Crippen LogP contribution in [0.4, 0.5) is 0 Å². The zero-order chi connectivity index (χ0) is 16.1. The third-order valence-corrected chi connectivity index (χ3v) is 5.45. The van der Waals surface area contributed by atoms with E-state index in [4.69, 9.17) is 14.3 Å². The molecule has 2 aromatic rings. The second-order valence-electron chi connectivity index (χ2n) is 7.16. The van der Waals surface area contributed by atoms with Gasteiger partial charge in [-0.2, -0.15) is 0 Å². The molecule has 118 valence electrons. The fourth-order valence-electron chi connectivity index (χ4n) is 2.46. The van der Waals surface area contributed by atoms with Gasteiger partial charge in [0.1, 0.15) is 5.01 Å². The molecule has 1 saturated heterocycles. The minimum Gasteiger partial charge on any atom is -0.399 e. The first-order valence-corrected chi connectivity index (χ1v) is 8.39. The molecule has 4 nitrogen and oxygen atoms in total. The maximum Gasteiger partial charge on any atom is 0.494 e. The molecule has 0 bridgehead atoms. The lowest BCUT2D eigenvalue weighted by Crippen LogP contribution is -2.41. The quantitative estimate of drug-likeness (QED) is 0.815. The lowest BCUT2D eigenvalue weighted by molar-refractivity contribution is 0.00578. The summed E-state index contributed by atoms with van der Waals surface area (Å²) in [5.41, 5.74) is 1.43. The van der Waals surface area contributed by atoms with Crippen molar-refractivity contribution >= 4 is 34.1 Å².